The van der Waals surface area contributed by atoms with Crippen LogP contribution in [0.3, 0.4) is 0 Å². The summed E-state index contributed by atoms with van der Waals surface area (Å²) in [5.41, 5.74) is 1.01. The second kappa shape index (κ2) is 10.5. The third-order valence-corrected chi connectivity index (χ3v) is 4.25. The molecule has 0 aliphatic carbocycles. The number of guanidine groups is 1. The zero-order valence-electron chi connectivity index (χ0n) is 16.6. The van der Waals surface area contributed by atoms with Crippen LogP contribution in [0.1, 0.15) is 26.6 Å². The van der Waals surface area contributed by atoms with Crippen molar-refractivity contribution in [3.63, 3.8) is 0 Å². The number of aliphatic imine (C=N–C) groups is 1. The Labute approximate surface area is 161 Å². The molecule has 1 aliphatic rings. The van der Waals surface area contributed by atoms with Gasteiger partial charge in [0.2, 0.25) is 0 Å². The van der Waals surface area contributed by atoms with Crippen molar-refractivity contribution in [2.75, 3.05) is 45.9 Å². The average Bonchev–Trinajstić information content (AvgIpc) is 3.12. The maximum Gasteiger partial charge on any atom is 0.409 e. The predicted octanol–water partition coefficient (Wildman–Crippen LogP) is 1.14. The highest BCUT2D eigenvalue weighted by molar-refractivity contribution is 5.80. The summed E-state index contributed by atoms with van der Waals surface area (Å²) in [6, 6.07) is 0. The van der Waals surface area contributed by atoms with Crippen molar-refractivity contribution < 1.29 is 9.53 Å². The smallest absolute Gasteiger partial charge is 0.409 e. The number of aryl methyl sites for hydroxylation is 1. The zero-order chi connectivity index (χ0) is 19.6. The lowest BCUT2D eigenvalue weighted by Crippen LogP contribution is -2.54. The summed E-state index contributed by atoms with van der Waals surface area (Å²) in [5.74, 6) is 1.81. The molecule has 0 radical (unpaired) electrons. The van der Waals surface area contributed by atoms with Gasteiger partial charge in [-0.3, -0.25) is 0 Å². The van der Waals surface area contributed by atoms with Gasteiger partial charge in [-0.15, -0.1) is 10.2 Å². The van der Waals surface area contributed by atoms with Gasteiger partial charge in [0.15, 0.2) is 5.96 Å². The highest BCUT2D eigenvalue weighted by Crippen LogP contribution is 2.05. The molecule has 27 heavy (non-hydrogen) atoms. The van der Waals surface area contributed by atoms with Gasteiger partial charge in [0.1, 0.15) is 12.2 Å². The van der Waals surface area contributed by atoms with E-state index in [9.17, 15) is 4.79 Å². The molecule has 1 N–H and O–H groups in total. The van der Waals surface area contributed by atoms with Gasteiger partial charge in [-0.1, -0.05) is 19.1 Å². The number of nitrogens with one attached hydrogen (secondary N) is 1. The fourth-order valence-corrected chi connectivity index (χ4v) is 2.82. The summed E-state index contributed by atoms with van der Waals surface area (Å²) in [7, 11) is 0. The minimum Gasteiger partial charge on any atom is -0.450 e. The normalized spacial score (nSPS) is 15.0. The molecule has 2 rings (SSSR count). The van der Waals surface area contributed by atoms with Gasteiger partial charge in [-0.2, -0.15) is 0 Å². The number of carbonyl (C=O) groups is 1. The predicted molar refractivity (Wildman–Crippen MR) is 105 cm³/mol. The van der Waals surface area contributed by atoms with Gasteiger partial charge in [0.05, 0.1) is 13.2 Å². The van der Waals surface area contributed by atoms with Crippen molar-refractivity contribution in [3.8, 4) is 0 Å². The molecule has 0 atom stereocenters. The Morgan fingerprint density at radius 1 is 1.30 bits per heavy atom. The molecule has 2 heterocycles. The molecule has 0 spiro atoms. The molecule has 1 amide bonds. The Morgan fingerprint density at radius 3 is 2.63 bits per heavy atom. The molecule has 1 aliphatic heterocycles. The van der Waals surface area contributed by atoms with Crippen molar-refractivity contribution in [1.82, 2.24) is 29.9 Å². The van der Waals surface area contributed by atoms with Crippen molar-refractivity contribution in [2.24, 2.45) is 4.99 Å². The first-order chi connectivity index (χ1) is 13.0. The van der Waals surface area contributed by atoms with Crippen LogP contribution in [-0.2, 0) is 17.7 Å². The van der Waals surface area contributed by atoms with Crippen molar-refractivity contribution in [3.05, 3.63) is 24.3 Å². The van der Waals surface area contributed by atoms with Crippen LogP contribution in [0, 0.1) is 0 Å². The minimum atomic E-state index is -0.245. The van der Waals surface area contributed by atoms with E-state index in [2.05, 4.69) is 38.9 Å². The number of ether oxygens (including phenoxy) is 1. The van der Waals surface area contributed by atoms with Gasteiger partial charge >= 0.3 is 6.09 Å². The van der Waals surface area contributed by atoms with E-state index >= 15 is 0 Å². The molecule has 0 unspecified atom stereocenters. The number of nitrogens with zero attached hydrogens (tertiary/aromatic N) is 6. The first kappa shape index (κ1) is 20.7. The number of hydrogen-bond donors (Lipinski definition) is 1. The molecule has 0 bridgehead atoms. The quantitative estimate of drug-likeness (QED) is 0.435. The van der Waals surface area contributed by atoms with Crippen LogP contribution in [0.4, 0.5) is 4.79 Å². The van der Waals surface area contributed by atoms with Crippen LogP contribution in [0.15, 0.2) is 23.5 Å². The molecular formula is C18H31N7O2. The van der Waals surface area contributed by atoms with Gasteiger partial charge in [-0.05, 0) is 13.8 Å². The molecule has 150 valence electrons. The van der Waals surface area contributed by atoms with Gasteiger partial charge in [0, 0.05) is 45.7 Å². The molecule has 1 aromatic rings. The Bertz CT molecular complexity index is 648. The fraction of sp³-hybridized carbons (Fsp3) is 0.667. The first-order valence-corrected chi connectivity index (χ1v) is 9.51. The van der Waals surface area contributed by atoms with E-state index in [-0.39, 0.29) is 6.09 Å². The lowest BCUT2D eigenvalue weighted by molar-refractivity contribution is 0.0914. The number of rotatable bonds is 7. The average molecular weight is 377 g/mol. The van der Waals surface area contributed by atoms with E-state index in [1.165, 1.54) is 0 Å². The van der Waals surface area contributed by atoms with Gasteiger partial charge < -0.3 is 24.4 Å². The lowest BCUT2D eigenvalue weighted by Gasteiger charge is -2.36. The Hall–Kier alpha value is -2.58. The van der Waals surface area contributed by atoms with E-state index in [0.29, 0.717) is 39.3 Å². The first-order valence-electron chi connectivity index (χ1n) is 9.51. The minimum absolute atomic E-state index is 0.245. The lowest BCUT2D eigenvalue weighted by atomic mass is 10.3. The molecule has 0 aromatic carbocycles. The summed E-state index contributed by atoms with van der Waals surface area (Å²) >= 11 is 0. The van der Waals surface area contributed by atoms with Crippen LogP contribution >= 0.6 is 0 Å². The molecule has 9 nitrogen and oxygen atoms in total. The van der Waals surface area contributed by atoms with Crippen LogP contribution in [0.25, 0.3) is 0 Å². The number of hydrogen-bond acceptors (Lipinski definition) is 5. The van der Waals surface area contributed by atoms with Crippen molar-refractivity contribution in [1.29, 1.82) is 0 Å². The number of aromatic nitrogens is 3. The summed E-state index contributed by atoms with van der Waals surface area (Å²) in [6.07, 6.45) is 2.36. The van der Waals surface area contributed by atoms with E-state index in [1.54, 1.807) is 11.2 Å². The van der Waals surface area contributed by atoms with E-state index in [1.807, 2.05) is 18.4 Å². The third-order valence-electron chi connectivity index (χ3n) is 4.25. The largest absolute Gasteiger partial charge is 0.450 e. The molecule has 1 fully saturated rings. The highest BCUT2D eigenvalue weighted by atomic mass is 16.6. The second-order valence-electron chi connectivity index (χ2n) is 6.49. The summed E-state index contributed by atoms with van der Waals surface area (Å²) < 4.78 is 7.12. The van der Waals surface area contributed by atoms with E-state index in [4.69, 9.17) is 4.74 Å². The monoisotopic (exact) mass is 377 g/mol. The Kier molecular flexibility index (Phi) is 8.09. The van der Waals surface area contributed by atoms with Crippen molar-refractivity contribution >= 4 is 12.1 Å². The van der Waals surface area contributed by atoms with Crippen LogP contribution < -0.4 is 5.32 Å². The molecule has 1 saturated heterocycles. The maximum atomic E-state index is 11.9. The van der Waals surface area contributed by atoms with Crippen LogP contribution in [0.2, 0.25) is 0 Å². The highest BCUT2D eigenvalue weighted by Gasteiger charge is 2.23. The number of piperazine rings is 1. The fourth-order valence-electron chi connectivity index (χ4n) is 2.82. The van der Waals surface area contributed by atoms with E-state index in [0.717, 1.165) is 36.9 Å². The van der Waals surface area contributed by atoms with Crippen molar-refractivity contribution in [2.45, 2.75) is 33.7 Å². The summed E-state index contributed by atoms with van der Waals surface area (Å²) in [6.45, 7) is 14.9. The van der Waals surface area contributed by atoms with E-state index < -0.39 is 0 Å². The van der Waals surface area contributed by atoms with Gasteiger partial charge in [0.25, 0.3) is 0 Å². The summed E-state index contributed by atoms with van der Waals surface area (Å²) in [5, 5.41) is 11.5. The molecular weight excluding hydrogens is 346 g/mol. The molecule has 0 saturated carbocycles. The Balaban J connectivity index is 1.91. The van der Waals surface area contributed by atoms with Crippen LogP contribution in [0.5, 0.6) is 0 Å². The molecule has 1 aromatic heterocycles. The topological polar surface area (TPSA) is 87.9 Å². The molecule has 9 heteroatoms. The third kappa shape index (κ3) is 6.26. The number of amides is 1. The van der Waals surface area contributed by atoms with Crippen LogP contribution in [-0.4, -0.2) is 82.5 Å². The van der Waals surface area contributed by atoms with Gasteiger partial charge in [-0.25, -0.2) is 9.79 Å². The summed E-state index contributed by atoms with van der Waals surface area (Å²) in [4.78, 5) is 20.4. The zero-order valence-corrected chi connectivity index (χ0v) is 16.6. The maximum absolute atomic E-state index is 11.9. The second-order valence-corrected chi connectivity index (χ2v) is 6.49. The SMILES string of the molecule is C=C(C)CN=C(NCCn1cnnc1CC)N1CCN(C(=O)OCC)CC1. The Morgan fingerprint density at radius 2 is 2.00 bits per heavy atom. The number of carbonyl (C=O) groups excluding carboxylic acids is 1. The standard InChI is InChI=1S/C18H31N7O2/c1-5-16-22-21-14-25(16)8-7-19-17(20-13-15(3)4)23-9-11-24(12-10-23)18(26)27-6-2/h14H,3,5-13H2,1-2,4H3,(H,19,20).